The summed E-state index contributed by atoms with van der Waals surface area (Å²) in [6, 6.07) is 3.13. The number of imidazole rings is 1. The first kappa shape index (κ1) is 12.8. The Kier molecular flexibility index (Phi) is 3.47. The Morgan fingerprint density at radius 1 is 1.44 bits per heavy atom. The molecule has 0 saturated carbocycles. The zero-order valence-corrected chi connectivity index (χ0v) is 11.6. The molecular weight excluding hydrogens is 299 g/mol. The van der Waals surface area contributed by atoms with Gasteiger partial charge in [-0.2, -0.15) is 5.10 Å². The smallest absolute Gasteiger partial charge is 0.221 e. The van der Waals surface area contributed by atoms with Gasteiger partial charge >= 0.3 is 0 Å². The number of nitrogens with two attached hydrogens (primary N) is 1. The van der Waals surface area contributed by atoms with E-state index in [2.05, 4.69) is 26.0 Å². The van der Waals surface area contributed by atoms with Crippen LogP contribution in [-0.2, 0) is 0 Å². The molecule has 0 aliphatic heterocycles. The molecule has 1 aromatic carbocycles. The van der Waals surface area contributed by atoms with Gasteiger partial charge in [0.25, 0.3) is 0 Å². The van der Waals surface area contributed by atoms with Crippen molar-refractivity contribution in [3.63, 3.8) is 0 Å². The van der Waals surface area contributed by atoms with Crippen LogP contribution in [0.5, 0.6) is 0 Å². The first-order valence-electron chi connectivity index (χ1n) is 5.29. The fourth-order valence-corrected chi connectivity index (χ4v) is 1.92. The molecule has 0 spiro atoms. The number of nitrogen functional groups attached to an aromatic ring is 1. The lowest BCUT2D eigenvalue weighted by atomic mass is 10.1. The quantitative estimate of drug-likeness (QED) is 0.867. The molecule has 0 bridgehead atoms. The minimum Gasteiger partial charge on any atom is -0.368 e. The first-order chi connectivity index (χ1) is 8.47. The molecule has 0 fully saturated rings. The minimum atomic E-state index is -0.253. The van der Waals surface area contributed by atoms with Crippen molar-refractivity contribution in [3.05, 3.63) is 45.4 Å². The molecule has 1 aromatic heterocycles. The van der Waals surface area contributed by atoms with Gasteiger partial charge in [0.05, 0.1) is 18.1 Å². The third-order valence-corrected chi connectivity index (χ3v) is 3.12. The summed E-state index contributed by atoms with van der Waals surface area (Å²) in [5.41, 5.74) is 7.80. The molecule has 2 aromatic rings. The largest absolute Gasteiger partial charge is 0.368 e. The van der Waals surface area contributed by atoms with Crippen LogP contribution in [0.3, 0.4) is 0 Å². The fourth-order valence-electron chi connectivity index (χ4n) is 1.50. The van der Waals surface area contributed by atoms with E-state index in [1.165, 1.54) is 10.7 Å². The molecule has 0 aliphatic rings. The third kappa shape index (κ3) is 2.59. The lowest BCUT2D eigenvalue weighted by Gasteiger charge is -2.02. The number of aromatic nitrogens is 2. The number of rotatable bonds is 2. The van der Waals surface area contributed by atoms with E-state index in [0.29, 0.717) is 16.0 Å². The molecule has 0 atom stereocenters. The third-order valence-electron chi connectivity index (χ3n) is 2.43. The van der Waals surface area contributed by atoms with Crippen molar-refractivity contribution < 1.29 is 4.39 Å². The summed E-state index contributed by atoms with van der Waals surface area (Å²) in [4.78, 5) is 4.03. The lowest BCUT2D eigenvalue weighted by Crippen LogP contribution is -1.97. The number of anilines is 1. The van der Waals surface area contributed by atoms with E-state index >= 15 is 0 Å². The molecule has 1 heterocycles. The fraction of sp³-hybridized carbons (Fsp3) is 0.167. The SMILES string of the molecule is Cc1cn(N=Cc2cc(C)c(F)cc2Br)c(N)n1. The average molecular weight is 311 g/mol. The highest BCUT2D eigenvalue weighted by molar-refractivity contribution is 9.10. The van der Waals surface area contributed by atoms with Gasteiger partial charge in [0.1, 0.15) is 5.82 Å². The van der Waals surface area contributed by atoms with E-state index in [1.807, 2.05) is 6.92 Å². The molecule has 0 saturated heterocycles. The Labute approximate surface area is 112 Å². The maximum Gasteiger partial charge on any atom is 0.221 e. The summed E-state index contributed by atoms with van der Waals surface area (Å²) in [6.45, 7) is 3.54. The molecule has 0 amide bonds. The zero-order chi connectivity index (χ0) is 13.3. The molecule has 4 nitrogen and oxygen atoms in total. The molecule has 2 rings (SSSR count). The number of hydrogen-bond donors (Lipinski definition) is 1. The maximum absolute atomic E-state index is 13.3. The average Bonchev–Trinajstić information content (AvgIpc) is 2.61. The summed E-state index contributed by atoms with van der Waals surface area (Å²) < 4.78 is 15.4. The Hall–Kier alpha value is -1.69. The van der Waals surface area contributed by atoms with Gasteiger partial charge in [0.15, 0.2) is 0 Å². The van der Waals surface area contributed by atoms with E-state index in [0.717, 1.165) is 11.3 Å². The highest BCUT2D eigenvalue weighted by atomic mass is 79.9. The standard InChI is InChI=1S/C12H12BrFN4/c1-7-3-9(10(13)4-11(7)14)5-16-18-6-8(2)17-12(18)15/h3-6H,1-2H3,(H2,15,17). The van der Waals surface area contributed by atoms with Gasteiger partial charge in [0, 0.05) is 10.0 Å². The summed E-state index contributed by atoms with van der Waals surface area (Å²) in [5.74, 6) is 0.0655. The summed E-state index contributed by atoms with van der Waals surface area (Å²) >= 11 is 3.29. The van der Waals surface area contributed by atoms with Crippen LogP contribution in [0.15, 0.2) is 27.9 Å². The predicted octanol–water partition coefficient (Wildman–Crippen LogP) is 2.87. The second kappa shape index (κ2) is 4.89. The highest BCUT2D eigenvalue weighted by Crippen LogP contribution is 2.19. The molecule has 2 N–H and O–H groups in total. The second-order valence-corrected chi connectivity index (χ2v) is 4.81. The minimum absolute atomic E-state index is 0.253. The monoisotopic (exact) mass is 310 g/mol. The van der Waals surface area contributed by atoms with Crippen LogP contribution in [0.4, 0.5) is 10.3 Å². The van der Waals surface area contributed by atoms with Gasteiger partial charge in [-0.25, -0.2) is 14.1 Å². The molecular formula is C12H12BrFN4. The number of halogens is 2. The summed E-state index contributed by atoms with van der Waals surface area (Å²) in [5, 5.41) is 4.18. The molecule has 6 heteroatoms. The maximum atomic E-state index is 13.3. The van der Waals surface area contributed by atoms with Crippen LogP contribution in [-0.4, -0.2) is 15.9 Å². The van der Waals surface area contributed by atoms with Crippen LogP contribution in [0.1, 0.15) is 16.8 Å². The second-order valence-electron chi connectivity index (χ2n) is 3.95. The number of aryl methyl sites for hydroxylation is 2. The van der Waals surface area contributed by atoms with Crippen LogP contribution in [0.2, 0.25) is 0 Å². The van der Waals surface area contributed by atoms with Gasteiger partial charge in [-0.1, -0.05) is 15.9 Å². The van der Waals surface area contributed by atoms with Gasteiger partial charge in [-0.05, 0) is 31.5 Å². The van der Waals surface area contributed by atoms with Crippen LogP contribution in [0, 0.1) is 19.7 Å². The zero-order valence-electron chi connectivity index (χ0n) is 9.98. The molecule has 0 unspecified atom stereocenters. The van der Waals surface area contributed by atoms with Gasteiger partial charge in [0.2, 0.25) is 5.95 Å². The van der Waals surface area contributed by atoms with Crippen LogP contribution in [0.25, 0.3) is 0 Å². The number of hydrogen-bond acceptors (Lipinski definition) is 3. The Bertz CT molecular complexity index is 619. The molecule has 0 aliphatic carbocycles. The van der Waals surface area contributed by atoms with E-state index in [-0.39, 0.29) is 5.82 Å². The van der Waals surface area contributed by atoms with Gasteiger partial charge in [-0.3, -0.25) is 0 Å². The normalized spacial score (nSPS) is 11.3. The van der Waals surface area contributed by atoms with Gasteiger partial charge in [-0.15, -0.1) is 0 Å². The summed E-state index contributed by atoms with van der Waals surface area (Å²) in [7, 11) is 0. The van der Waals surface area contributed by atoms with Crippen molar-refractivity contribution in [2.75, 3.05) is 5.73 Å². The number of benzene rings is 1. The van der Waals surface area contributed by atoms with Crippen molar-refractivity contribution >= 4 is 28.1 Å². The Morgan fingerprint density at radius 2 is 2.17 bits per heavy atom. The van der Waals surface area contributed by atoms with E-state index in [1.54, 1.807) is 25.4 Å². The molecule has 18 heavy (non-hydrogen) atoms. The van der Waals surface area contributed by atoms with Crippen molar-refractivity contribution in [3.8, 4) is 0 Å². The van der Waals surface area contributed by atoms with Crippen molar-refractivity contribution in [1.82, 2.24) is 9.66 Å². The first-order valence-corrected chi connectivity index (χ1v) is 6.08. The number of nitrogens with zero attached hydrogens (tertiary/aromatic N) is 3. The topological polar surface area (TPSA) is 56.2 Å². The van der Waals surface area contributed by atoms with Crippen molar-refractivity contribution in [1.29, 1.82) is 0 Å². The van der Waals surface area contributed by atoms with Crippen LogP contribution >= 0.6 is 15.9 Å². The highest BCUT2D eigenvalue weighted by Gasteiger charge is 2.04. The Morgan fingerprint density at radius 3 is 2.78 bits per heavy atom. The van der Waals surface area contributed by atoms with E-state index in [4.69, 9.17) is 5.73 Å². The molecule has 0 radical (unpaired) electrons. The van der Waals surface area contributed by atoms with E-state index in [9.17, 15) is 4.39 Å². The lowest BCUT2D eigenvalue weighted by molar-refractivity contribution is 0.617. The van der Waals surface area contributed by atoms with Crippen LogP contribution < -0.4 is 5.73 Å². The molecule has 94 valence electrons. The summed E-state index contributed by atoms with van der Waals surface area (Å²) in [6.07, 6.45) is 3.32. The predicted molar refractivity (Wildman–Crippen MR) is 73.2 cm³/mol. The van der Waals surface area contributed by atoms with Gasteiger partial charge < -0.3 is 5.73 Å². The Balaban J connectivity index is 2.34. The van der Waals surface area contributed by atoms with Crippen molar-refractivity contribution in [2.24, 2.45) is 5.10 Å². The van der Waals surface area contributed by atoms with Crippen molar-refractivity contribution in [2.45, 2.75) is 13.8 Å². The van der Waals surface area contributed by atoms with E-state index < -0.39 is 0 Å².